The molecule has 104 valence electrons. The van der Waals surface area contributed by atoms with Crippen LogP contribution < -0.4 is 4.74 Å². The number of carbonyl (C=O) groups is 1. The molecule has 20 heavy (non-hydrogen) atoms. The molecule has 0 saturated heterocycles. The lowest BCUT2D eigenvalue weighted by molar-refractivity contribution is -0.131. The zero-order valence-corrected chi connectivity index (χ0v) is 10.7. The van der Waals surface area contributed by atoms with Gasteiger partial charge >= 0.3 is 5.97 Å². The minimum atomic E-state index is -1.09. The van der Waals surface area contributed by atoms with E-state index in [-0.39, 0.29) is 12.4 Å². The molecular weight excluding hydrogens is 265 g/mol. The van der Waals surface area contributed by atoms with E-state index in [4.69, 9.17) is 14.4 Å². The summed E-state index contributed by atoms with van der Waals surface area (Å²) >= 11 is 0. The zero-order valence-electron chi connectivity index (χ0n) is 10.7. The van der Waals surface area contributed by atoms with Crippen molar-refractivity contribution in [2.24, 2.45) is 0 Å². The van der Waals surface area contributed by atoms with Gasteiger partial charge in [-0.25, -0.2) is 9.18 Å². The van der Waals surface area contributed by atoms with E-state index in [1.165, 1.54) is 18.2 Å². The van der Waals surface area contributed by atoms with Crippen LogP contribution in [-0.2, 0) is 11.4 Å². The SMILES string of the molecule is Cc1cc(COc2ccc(/C=C/C(=O)O)cc2F)no1. The molecule has 0 atom stereocenters. The van der Waals surface area contributed by atoms with Crippen molar-refractivity contribution in [1.82, 2.24) is 5.16 Å². The summed E-state index contributed by atoms with van der Waals surface area (Å²) < 4.78 is 23.9. The van der Waals surface area contributed by atoms with Gasteiger partial charge in [-0.3, -0.25) is 0 Å². The Morgan fingerprint density at radius 3 is 2.90 bits per heavy atom. The molecule has 0 aliphatic heterocycles. The molecule has 1 N–H and O–H groups in total. The fraction of sp³-hybridized carbons (Fsp3) is 0.143. The van der Waals surface area contributed by atoms with Gasteiger partial charge in [0.2, 0.25) is 0 Å². The highest BCUT2D eigenvalue weighted by atomic mass is 19.1. The number of hydrogen-bond acceptors (Lipinski definition) is 4. The van der Waals surface area contributed by atoms with Gasteiger partial charge in [-0.2, -0.15) is 0 Å². The summed E-state index contributed by atoms with van der Waals surface area (Å²) in [6.07, 6.45) is 2.24. The maximum absolute atomic E-state index is 13.7. The topological polar surface area (TPSA) is 72.6 Å². The molecule has 0 aliphatic rings. The van der Waals surface area contributed by atoms with Crippen LogP contribution in [0.2, 0.25) is 0 Å². The normalized spacial score (nSPS) is 10.9. The molecule has 0 unspecified atom stereocenters. The Hall–Kier alpha value is -2.63. The van der Waals surface area contributed by atoms with E-state index < -0.39 is 11.8 Å². The van der Waals surface area contributed by atoms with Crippen molar-refractivity contribution in [2.75, 3.05) is 0 Å². The molecule has 0 bridgehead atoms. The number of aryl methyl sites for hydroxylation is 1. The highest BCUT2D eigenvalue weighted by molar-refractivity contribution is 5.85. The van der Waals surface area contributed by atoms with Gasteiger partial charge in [0.05, 0.1) is 0 Å². The van der Waals surface area contributed by atoms with Crippen LogP contribution in [0.1, 0.15) is 17.0 Å². The summed E-state index contributed by atoms with van der Waals surface area (Å²) in [5.41, 5.74) is 1.01. The van der Waals surface area contributed by atoms with E-state index in [0.717, 1.165) is 6.08 Å². The second-order valence-electron chi connectivity index (χ2n) is 4.08. The molecule has 1 aromatic heterocycles. The number of benzene rings is 1. The van der Waals surface area contributed by atoms with Gasteiger partial charge in [-0.05, 0) is 30.7 Å². The molecule has 0 fully saturated rings. The quantitative estimate of drug-likeness (QED) is 0.851. The minimum absolute atomic E-state index is 0.0677. The van der Waals surface area contributed by atoms with Crippen molar-refractivity contribution in [2.45, 2.75) is 13.5 Å². The Morgan fingerprint density at radius 2 is 2.30 bits per heavy atom. The van der Waals surface area contributed by atoms with Gasteiger partial charge in [0, 0.05) is 12.1 Å². The van der Waals surface area contributed by atoms with E-state index in [0.29, 0.717) is 17.0 Å². The minimum Gasteiger partial charge on any atom is -0.484 e. The van der Waals surface area contributed by atoms with Crippen LogP contribution in [0, 0.1) is 12.7 Å². The van der Waals surface area contributed by atoms with Gasteiger partial charge in [0.15, 0.2) is 11.6 Å². The molecule has 0 amide bonds. The first-order chi connectivity index (χ1) is 9.54. The highest BCUT2D eigenvalue weighted by Gasteiger charge is 2.06. The third-order valence-corrected chi connectivity index (χ3v) is 2.43. The number of rotatable bonds is 5. The molecule has 0 radical (unpaired) electrons. The first-order valence-corrected chi connectivity index (χ1v) is 5.80. The lowest BCUT2D eigenvalue weighted by Crippen LogP contribution is -1.97. The Morgan fingerprint density at radius 1 is 1.50 bits per heavy atom. The number of hydrogen-bond donors (Lipinski definition) is 1. The van der Waals surface area contributed by atoms with Gasteiger partial charge in [0.25, 0.3) is 0 Å². The highest BCUT2D eigenvalue weighted by Crippen LogP contribution is 2.20. The number of nitrogens with zero attached hydrogens (tertiary/aromatic N) is 1. The summed E-state index contributed by atoms with van der Waals surface area (Å²) in [5, 5.41) is 12.2. The van der Waals surface area contributed by atoms with Crippen molar-refractivity contribution >= 4 is 12.0 Å². The van der Waals surface area contributed by atoms with E-state index in [1.807, 2.05) is 0 Å². The van der Waals surface area contributed by atoms with Crippen LogP contribution in [-0.4, -0.2) is 16.2 Å². The van der Waals surface area contributed by atoms with E-state index in [9.17, 15) is 9.18 Å². The third kappa shape index (κ3) is 3.68. The molecule has 2 aromatic rings. The van der Waals surface area contributed by atoms with Crippen molar-refractivity contribution in [1.29, 1.82) is 0 Å². The second kappa shape index (κ2) is 6.01. The van der Waals surface area contributed by atoms with Crippen molar-refractivity contribution < 1.29 is 23.6 Å². The smallest absolute Gasteiger partial charge is 0.328 e. The predicted octanol–water partition coefficient (Wildman–Crippen LogP) is 2.80. The molecule has 1 heterocycles. The van der Waals surface area contributed by atoms with E-state index >= 15 is 0 Å². The summed E-state index contributed by atoms with van der Waals surface area (Å²) in [6, 6.07) is 5.89. The van der Waals surface area contributed by atoms with Crippen LogP contribution in [0.4, 0.5) is 4.39 Å². The lowest BCUT2D eigenvalue weighted by Gasteiger charge is -2.05. The molecule has 0 saturated carbocycles. The Balaban J connectivity index is 2.04. The fourth-order valence-electron chi connectivity index (χ4n) is 1.54. The number of halogens is 1. The first kappa shape index (κ1) is 13.8. The van der Waals surface area contributed by atoms with Crippen LogP contribution in [0.3, 0.4) is 0 Å². The Bertz CT molecular complexity index is 648. The number of carboxylic acid groups (broad SMARTS) is 1. The van der Waals surface area contributed by atoms with E-state index in [1.54, 1.807) is 19.1 Å². The summed E-state index contributed by atoms with van der Waals surface area (Å²) in [7, 11) is 0. The molecule has 5 nitrogen and oxygen atoms in total. The average Bonchev–Trinajstić information content (AvgIpc) is 2.81. The molecular formula is C14H12FNO4. The summed E-state index contributed by atoms with van der Waals surface area (Å²) in [5.74, 6) is -0.943. The van der Waals surface area contributed by atoms with Gasteiger partial charge in [-0.1, -0.05) is 11.2 Å². The number of ether oxygens (including phenoxy) is 1. The number of aromatic nitrogens is 1. The van der Waals surface area contributed by atoms with Crippen LogP contribution in [0.25, 0.3) is 6.08 Å². The summed E-state index contributed by atoms with van der Waals surface area (Å²) in [6.45, 7) is 1.85. The van der Waals surface area contributed by atoms with Gasteiger partial charge in [-0.15, -0.1) is 0 Å². The second-order valence-corrected chi connectivity index (χ2v) is 4.08. The monoisotopic (exact) mass is 277 g/mol. The average molecular weight is 277 g/mol. The van der Waals surface area contributed by atoms with Crippen molar-refractivity contribution in [3.8, 4) is 5.75 Å². The molecule has 0 aliphatic carbocycles. The Kier molecular flexibility index (Phi) is 4.14. The van der Waals surface area contributed by atoms with Crippen molar-refractivity contribution in [3.05, 3.63) is 53.2 Å². The van der Waals surface area contributed by atoms with Crippen molar-refractivity contribution in [3.63, 3.8) is 0 Å². The number of carboxylic acids is 1. The molecule has 2 rings (SSSR count). The maximum atomic E-state index is 13.7. The van der Waals surface area contributed by atoms with Crippen LogP contribution in [0.15, 0.2) is 34.9 Å². The largest absolute Gasteiger partial charge is 0.484 e. The van der Waals surface area contributed by atoms with Crippen LogP contribution >= 0.6 is 0 Å². The third-order valence-electron chi connectivity index (χ3n) is 2.43. The van der Waals surface area contributed by atoms with E-state index in [2.05, 4.69) is 5.16 Å². The van der Waals surface area contributed by atoms with Gasteiger partial charge < -0.3 is 14.4 Å². The predicted molar refractivity (Wildman–Crippen MR) is 68.6 cm³/mol. The molecule has 6 heteroatoms. The van der Waals surface area contributed by atoms with Crippen LogP contribution in [0.5, 0.6) is 5.75 Å². The first-order valence-electron chi connectivity index (χ1n) is 5.80. The number of aliphatic carboxylic acids is 1. The Labute approximate surface area is 114 Å². The lowest BCUT2D eigenvalue weighted by atomic mass is 10.2. The fourth-order valence-corrected chi connectivity index (χ4v) is 1.54. The van der Waals surface area contributed by atoms with Gasteiger partial charge in [0.1, 0.15) is 18.1 Å². The maximum Gasteiger partial charge on any atom is 0.328 e. The molecule has 0 spiro atoms. The standard InChI is InChI=1S/C14H12FNO4/c1-9-6-11(16-20-9)8-19-13-4-2-10(7-12(13)15)3-5-14(17)18/h2-7H,8H2,1H3,(H,17,18)/b5-3+. The summed E-state index contributed by atoms with van der Waals surface area (Å²) in [4.78, 5) is 10.4. The zero-order chi connectivity index (χ0) is 14.5. The molecule has 1 aromatic carbocycles.